The van der Waals surface area contributed by atoms with Crippen molar-refractivity contribution in [3.8, 4) is 0 Å². The van der Waals surface area contributed by atoms with E-state index >= 15 is 0 Å². The van der Waals surface area contributed by atoms with Crippen LogP contribution in [0.25, 0.3) is 0 Å². The van der Waals surface area contributed by atoms with Crippen molar-refractivity contribution in [1.82, 2.24) is 0 Å². The van der Waals surface area contributed by atoms with E-state index in [1.165, 1.54) is 12.8 Å². The minimum atomic E-state index is 0. The molecule has 0 spiro atoms. The molecule has 0 rings (SSSR count). The van der Waals surface area contributed by atoms with Gasteiger partial charge in [-0.1, -0.05) is 0 Å². The largest absolute Gasteiger partial charge is 0.147 e. The van der Waals surface area contributed by atoms with Gasteiger partial charge >= 0.3 is 100 Å². The molecule has 2 N–H and O–H groups in total. The normalized spacial score (nSPS) is 16.9. The molecule has 0 aliphatic heterocycles. The van der Waals surface area contributed by atoms with Gasteiger partial charge in [0.1, 0.15) is 0 Å². The topological polar surface area (TPSA) is 35.2 Å². The molecule has 3 atom stereocenters. The first-order valence-corrected chi connectivity index (χ1v) is 6.90. The van der Waals surface area contributed by atoms with Gasteiger partial charge in [-0.25, -0.2) is 0 Å². The van der Waals surface area contributed by atoms with Gasteiger partial charge in [0.15, 0.2) is 0 Å². The molecule has 0 aromatic rings. The Kier molecular flexibility index (Phi) is 13.8. The number of halogens is 1. The van der Waals surface area contributed by atoms with Crippen molar-refractivity contribution in [3.63, 3.8) is 0 Å². The average Bonchev–Trinajstić information content (AvgIpc) is 2.03. The van der Waals surface area contributed by atoms with Crippen molar-refractivity contribution in [3.05, 3.63) is 0 Å². The number of hydrogen-bond acceptors (Lipinski definition) is 3. The zero-order chi connectivity index (χ0) is 10.3. The summed E-state index contributed by atoms with van der Waals surface area (Å²) in [6, 6.07) is 0.349. The van der Waals surface area contributed by atoms with Gasteiger partial charge in [0.2, 0.25) is 0 Å². The third-order valence-corrected chi connectivity index (χ3v) is 4.54. The summed E-state index contributed by atoms with van der Waals surface area (Å²) >= 11 is 3.07. The second kappa shape index (κ2) is 10.9. The van der Waals surface area contributed by atoms with E-state index in [0.717, 1.165) is 29.4 Å². The third-order valence-electron chi connectivity index (χ3n) is 1.86. The SMILES string of the molecule is CC(N)CCCC(C)SC(C)[O][Sn].Cl. The number of thioether (sulfide) groups is 1. The second-order valence-electron chi connectivity index (χ2n) is 3.54. The molecule has 0 aromatic heterocycles. The van der Waals surface area contributed by atoms with Crippen LogP contribution in [0.15, 0.2) is 0 Å². The fourth-order valence-electron chi connectivity index (χ4n) is 1.15. The van der Waals surface area contributed by atoms with Crippen LogP contribution >= 0.6 is 24.2 Å². The summed E-state index contributed by atoms with van der Waals surface area (Å²) < 4.78 is 5.28. The Morgan fingerprint density at radius 3 is 2.29 bits per heavy atom. The minimum absolute atomic E-state index is 0. The van der Waals surface area contributed by atoms with E-state index in [0.29, 0.717) is 16.7 Å². The monoisotopic (exact) mass is 346 g/mol. The van der Waals surface area contributed by atoms with Crippen LogP contribution in [0.5, 0.6) is 0 Å². The Bertz CT molecular complexity index is 129. The molecule has 0 bridgehead atoms. The van der Waals surface area contributed by atoms with Crippen molar-refractivity contribution >= 4 is 47.1 Å². The first-order chi connectivity index (χ1) is 6.06. The van der Waals surface area contributed by atoms with Gasteiger partial charge in [-0.05, 0) is 0 Å². The molecule has 14 heavy (non-hydrogen) atoms. The van der Waals surface area contributed by atoms with Crippen molar-refractivity contribution in [2.75, 3.05) is 0 Å². The van der Waals surface area contributed by atoms with Crippen LogP contribution in [-0.2, 0) is 3.07 Å². The summed E-state index contributed by atoms with van der Waals surface area (Å²) in [4.78, 5) is 0. The summed E-state index contributed by atoms with van der Waals surface area (Å²) in [7, 11) is 0. The van der Waals surface area contributed by atoms with E-state index < -0.39 is 0 Å². The van der Waals surface area contributed by atoms with Crippen LogP contribution in [0.2, 0.25) is 0 Å². The maximum atomic E-state index is 5.68. The van der Waals surface area contributed by atoms with Crippen LogP contribution in [0, 0.1) is 0 Å². The molecule has 0 saturated carbocycles. The Morgan fingerprint density at radius 1 is 1.29 bits per heavy atom. The molecule has 0 amide bonds. The Balaban J connectivity index is 0. The first-order valence-electron chi connectivity index (χ1n) is 4.79. The molecular formula is C9H21ClNOSSn. The zero-order valence-electron chi connectivity index (χ0n) is 9.16. The van der Waals surface area contributed by atoms with Gasteiger partial charge in [0.05, 0.1) is 0 Å². The van der Waals surface area contributed by atoms with E-state index in [2.05, 4.69) is 20.8 Å². The molecule has 85 valence electrons. The molecule has 3 unspecified atom stereocenters. The van der Waals surface area contributed by atoms with Crippen molar-refractivity contribution in [2.45, 2.75) is 56.8 Å². The smallest absolute Gasteiger partial charge is 0.147 e. The Hall–Kier alpha value is 1.36. The van der Waals surface area contributed by atoms with Crippen LogP contribution in [-0.4, -0.2) is 39.7 Å². The number of nitrogens with two attached hydrogens (primary N) is 1. The molecule has 0 saturated heterocycles. The molecule has 0 heterocycles. The van der Waals surface area contributed by atoms with Gasteiger partial charge in [-0.15, -0.1) is 12.4 Å². The van der Waals surface area contributed by atoms with E-state index in [1.54, 1.807) is 0 Å². The number of hydrogen-bond donors (Lipinski definition) is 1. The van der Waals surface area contributed by atoms with Crippen LogP contribution in [0.4, 0.5) is 0 Å². The minimum Gasteiger partial charge on any atom is -0.147 e. The predicted molar refractivity (Wildman–Crippen MR) is 68.1 cm³/mol. The van der Waals surface area contributed by atoms with Gasteiger partial charge in [-0.3, -0.25) is 0 Å². The van der Waals surface area contributed by atoms with Crippen molar-refractivity contribution in [1.29, 1.82) is 0 Å². The van der Waals surface area contributed by atoms with E-state index in [4.69, 9.17) is 8.81 Å². The fourth-order valence-corrected chi connectivity index (χ4v) is 2.64. The van der Waals surface area contributed by atoms with Gasteiger partial charge in [0.25, 0.3) is 0 Å². The summed E-state index contributed by atoms with van der Waals surface area (Å²) in [5.41, 5.74) is 6.03. The van der Waals surface area contributed by atoms with E-state index in [9.17, 15) is 0 Å². The maximum Gasteiger partial charge on any atom is -0.147 e. The Labute approximate surface area is 112 Å². The summed E-state index contributed by atoms with van der Waals surface area (Å²) in [6.45, 7) is 6.44. The van der Waals surface area contributed by atoms with Gasteiger partial charge < -0.3 is 0 Å². The predicted octanol–water partition coefficient (Wildman–Crippen LogP) is 2.49. The first kappa shape index (κ1) is 17.7. The molecule has 2 nitrogen and oxygen atoms in total. The molecule has 5 heteroatoms. The van der Waals surface area contributed by atoms with Crippen LogP contribution in [0.1, 0.15) is 40.0 Å². The summed E-state index contributed by atoms with van der Waals surface area (Å²) in [5, 5.41) is 0.689. The van der Waals surface area contributed by atoms with Gasteiger partial charge in [-0.2, -0.15) is 0 Å². The van der Waals surface area contributed by atoms with E-state index in [1.807, 2.05) is 11.8 Å². The molecule has 0 aliphatic carbocycles. The summed E-state index contributed by atoms with van der Waals surface area (Å²) in [6.07, 6.45) is 3.61. The molecule has 3 radical (unpaired) electrons. The van der Waals surface area contributed by atoms with Crippen molar-refractivity contribution < 1.29 is 3.07 Å². The maximum absolute atomic E-state index is 5.68. The Morgan fingerprint density at radius 2 is 1.86 bits per heavy atom. The fraction of sp³-hybridized carbons (Fsp3) is 1.00. The van der Waals surface area contributed by atoms with Gasteiger partial charge in [0, 0.05) is 0 Å². The van der Waals surface area contributed by atoms with Crippen LogP contribution < -0.4 is 5.73 Å². The molecule has 0 aromatic carbocycles. The second-order valence-corrected chi connectivity index (χ2v) is 5.95. The van der Waals surface area contributed by atoms with Crippen molar-refractivity contribution in [2.24, 2.45) is 5.73 Å². The summed E-state index contributed by atoms with van der Waals surface area (Å²) in [5.74, 6) is 0. The molecule has 0 fully saturated rings. The zero-order valence-corrected chi connectivity index (χ0v) is 13.6. The molecular weight excluding hydrogens is 324 g/mol. The number of rotatable bonds is 7. The quantitative estimate of drug-likeness (QED) is 0.569. The van der Waals surface area contributed by atoms with E-state index in [-0.39, 0.29) is 12.4 Å². The standard InChI is InChI=1S/C9H20NOS.ClH.Sn/c1-7(10)5-4-6-8(2)12-9(3)11;;/h7-9H,4-6,10H2,1-3H3;1H;/q-1;;+1. The third kappa shape index (κ3) is 11.4. The van der Waals surface area contributed by atoms with Crippen LogP contribution in [0.3, 0.4) is 0 Å². The molecule has 0 aliphatic rings. The average molecular weight is 346 g/mol.